The van der Waals surface area contributed by atoms with Crippen LogP contribution >= 0.6 is 0 Å². The van der Waals surface area contributed by atoms with Crippen LogP contribution in [0.5, 0.6) is 0 Å². The molecule has 2 amide bonds. The number of piperazine rings is 1. The highest BCUT2D eigenvalue weighted by molar-refractivity contribution is 5.84. The molecule has 7 nitrogen and oxygen atoms in total. The van der Waals surface area contributed by atoms with Crippen molar-refractivity contribution in [2.24, 2.45) is 0 Å². The van der Waals surface area contributed by atoms with Crippen molar-refractivity contribution in [1.29, 1.82) is 0 Å². The Labute approximate surface area is 119 Å². The molecular formula is C13H24N4O3. The molecule has 0 radical (unpaired) electrons. The quantitative estimate of drug-likeness (QED) is 0.641. The third-order valence-electron chi connectivity index (χ3n) is 3.71. The number of amides is 2. The molecule has 2 N–H and O–H groups in total. The van der Waals surface area contributed by atoms with E-state index in [1.807, 2.05) is 16.7 Å². The van der Waals surface area contributed by atoms with Gasteiger partial charge in [-0.25, -0.2) is 0 Å². The molecule has 2 rings (SSSR count). The van der Waals surface area contributed by atoms with Crippen LogP contribution in [0.1, 0.15) is 6.92 Å². The maximum atomic E-state index is 12.3. The summed E-state index contributed by atoms with van der Waals surface area (Å²) in [6, 6.07) is -0.256. The Bertz CT molecular complexity index is 345. The number of carbonyl (C=O) groups excluding carboxylic acids is 2. The van der Waals surface area contributed by atoms with Crippen LogP contribution in [0.2, 0.25) is 0 Å². The van der Waals surface area contributed by atoms with Crippen LogP contribution < -0.4 is 10.6 Å². The van der Waals surface area contributed by atoms with Gasteiger partial charge in [-0.15, -0.1) is 0 Å². The molecule has 114 valence electrons. The molecule has 2 fully saturated rings. The Hall–Kier alpha value is -1.18. The minimum atomic E-state index is -0.256. The molecule has 0 aliphatic carbocycles. The van der Waals surface area contributed by atoms with Crippen LogP contribution in [0, 0.1) is 0 Å². The summed E-state index contributed by atoms with van der Waals surface area (Å²) in [4.78, 5) is 28.1. The maximum absolute atomic E-state index is 12.3. The van der Waals surface area contributed by atoms with E-state index >= 15 is 0 Å². The van der Waals surface area contributed by atoms with Crippen molar-refractivity contribution in [2.75, 3.05) is 59.0 Å². The average molecular weight is 284 g/mol. The average Bonchev–Trinajstić information content (AvgIpc) is 2.49. The van der Waals surface area contributed by atoms with Crippen LogP contribution in [-0.4, -0.2) is 86.7 Å². The number of hydrogen-bond donors (Lipinski definition) is 2. The molecule has 7 heteroatoms. The summed E-state index contributed by atoms with van der Waals surface area (Å²) in [7, 11) is 0. The summed E-state index contributed by atoms with van der Waals surface area (Å²) >= 11 is 0. The van der Waals surface area contributed by atoms with E-state index in [2.05, 4.69) is 10.6 Å². The number of likely N-dealkylation sites (N-methyl/N-ethyl adjacent to an activating group) is 1. The lowest BCUT2D eigenvalue weighted by Gasteiger charge is -2.36. The molecule has 0 aromatic rings. The third kappa shape index (κ3) is 3.91. The Kier molecular flexibility index (Phi) is 5.75. The second-order valence-corrected chi connectivity index (χ2v) is 5.08. The predicted molar refractivity (Wildman–Crippen MR) is 74.3 cm³/mol. The van der Waals surface area contributed by atoms with Crippen molar-refractivity contribution in [1.82, 2.24) is 20.4 Å². The first kappa shape index (κ1) is 15.2. The first-order valence-electron chi connectivity index (χ1n) is 7.30. The van der Waals surface area contributed by atoms with Crippen LogP contribution in [0.25, 0.3) is 0 Å². The topological polar surface area (TPSA) is 73.9 Å². The summed E-state index contributed by atoms with van der Waals surface area (Å²) in [6.07, 6.45) is 0. The van der Waals surface area contributed by atoms with Gasteiger partial charge in [0.15, 0.2) is 0 Å². The van der Waals surface area contributed by atoms with Crippen molar-refractivity contribution >= 4 is 11.8 Å². The second kappa shape index (κ2) is 7.56. The van der Waals surface area contributed by atoms with Gasteiger partial charge in [-0.1, -0.05) is 0 Å². The van der Waals surface area contributed by atoms with E-state index in [9.17, 15) is 9.59 Å². The van der Waals surface area contributed by atoms with Crippen molar-refractivity contribution in [3.63, 3.8) is 0 Å². The standard InChI is InChI=1S/C13H24N4O3/c1-2-15-13(19)11-9-14-3-4-17(11)10-12(18)16-5-7-20-8-6-16/h11,14H,2-10H2,1H3,(H,15,19). The Morgan fingerprint density at radius 2 is 2.05 bits per heavy atom. The Morgan fingerprint density at radius 1 is 1.30 bits per heavy atom. The van der Waals surface area contributed by atoms with E-state index in [1.54, 1.807) is 0 Å². The van der Waals surface area contributed by atoms with Crippen molar-refractivity contribution in [3.05, 3.63) is 0 Å². The summed E-state index contributed by atoms with van der Waals surface area (Å²) in [5.41, 5.74) is 0. The molecule has 1 atom stereocenters. The van der Waals surface area contributed by atoms with Crippen LogP contribution in [0.15, 0.2) is 0 Å². The zero-order valence-corrected chi connectivity index (χ0v) is 12.1. The molecule has 0 aromatic heterocycles. The lowest BCUT2D eigenvalue weighted by atomic mass is 10.1. The molecule has 0 saturated carbocycles. The molecule has 2 heterocycles. The zero-order valence-electron chi connectivity index (χ0n) is 12.1. The number of nitrogens with zero attached hydrogens (tertiary/aromatic N) is 2. The van der Waals surface area contributed by atoms with Gasteiger partial charge in [0.05, 0.1) is 19.8 Å². The maximum Gasteiger partial charge on any atom is 0.238 e. The van der Waals surface area contributed by atoms with Gasteiger partial charge in [0.1, 0.15) is 6.04 Å². The SMILES string of the molecule is CCNC(=O)C1CNCCN1CC(=O)N1CCOCC1. The number of carbonyl (C=O) groups is 2. The highest BCUT2D eigenvalue weighted by atomic mass is 16.5. The van der Waals surface area contributed by atoms with Gasteiger partial charge in [0.2, 0.25) is 11.8 Å². The van der Waals surface area contributed by atoms with Gasteiger partial charge in [-0.2, -0.15) is 0 Å². The molecule has 0 aromatic carbocycles. The first-order chi connectivity index (χ1) is 9.72. The highest BCUT2D eigenvalue weighted by Crippen LogP contribution is 2.06. The van der Waals surface area contributed by atoms with Crippen molar-refractivity contribution in [2.45, 2.75) is 13.0 Å². The van der Waals surface area contributed by atoms with E-state index in [0.717, 1.165) is 13.1 Å². The normalized spacial score (nSPS) is 24.4. The number of nitrogens with one attached hydrogen (secondary N) is 2. The fourth-order valence-corrected chi connectivity index (χ4v) is 2.57. The van der Waals surface area contributed by atoms with E-state index in [4.69, 9.17) is 4.74 Å². The Morgan fingerprint density at radius 3 is 2.75 bits per heavy atom. The minimum Gasteiger partial charge on any atom is -0.378 e. The lowest BCUT2D eigenvalue weighted by Crippen LogP contribution is -2.60. The number of hydrogen-bond acceptors (Lipinski definition) is 5. The van der Waals surface area contributed by atoms with E-state index in [0.29, 0.717) is 45.9 Å². The summed E-state index contributed by atoms with van der Waals surface area (Å²) in [5.74, 6) is 0.0824. The van der Waals surface area contributed by atoms with Crippen LogP contribution in [0.4, 0.5) is 0 Å². The van der Waals surface area contributed by atoms with Crippen molar-refractivity contribution < 1.29 is 14.3 Å². The fourth-order valence-electron chi connectivity index (χ4n) is 2.57. The summed E-state index contributed by atoms with van der Waals surface area (Å²) in [6.45, 7) is 7.46. The van der Waals surface area contributed by atoms with Gasteiger partial charge in [0.25, 0.3) is 0 Å². The molecule has 2 aliphatic rings. The molecule has 0 bridgehead atoms. The molecule has 2 aliphatic heterocycles. The second-order valence-electron chi connectivity index (χ2n) is 5.08. The lowest BCUT2D eigenvalue weighted by molar-refractivity contribution is -0.138. The Balaban J connectivity index is 1.90. The van der Waals surface area contributed by atoms with Gasteiger partial charge >= 0.3 is 0 Å². The van der Waals surface area contributed by atoms with Crippen molar-refractivity contribution in [3.8, 4) is 0 Å². The summed E-state index contributed by atoms with van der Waals surface area (Å²) < 4.78 is 5.25. The zero-order chi connectivity index (χ0) is 14.4. The fraction of sp³-hybridized carbons (Fsp3) is 0.846. The minimum absolute atomic E-state index is 0.00511. The van der Waals surface area contributed by atoms with Gasteiger partial charge in [0, 0.05) is 39.3 Å². The van der Waals surface area contributed by atoms with Gasteiger partial charge in [-0.05, 0) is 6.92 Å². The third-order valence-corrected chi connectivity index (χ3v) is 3.71. The van der Waals surface area contributed by atoms with Gasteiger partial charge < -0.3 is 20.3 Å². The number of ether oxygens (including phenoxy) is 1. The van der Waals surface area contributed by atoms with E-state index in [-0.39, 0.29) is 17.9 Å². The van der Waals surface area contributed by atoms with E-state index in [1.165, 1.54) is 0 Å². The predicted octanol–water partition coefficient (Wildman–Crippen LogP) is -1.74. The molecular weight excluding hydrogens is 260 g/mol. The largest absolute Gasteiger partial charge is 0.378 e. The first-order valence-corrected chi connectivity index (χ1v) is 7.30. The number of rotatable bonds is 4. The van der Waals surface area contributed by atoms with Crippen LogP contribution in [-0.2, 0) is 14.3 Å². The van der Waals surface area contributed by atoms with E-state index < -0.39 is 0 Å². The monoisotopic (exact) mass is 284 g/mol. The molecule has 20 heavy (non-hydrogen) atoms. The molecule has 1 unspecified atom stereocenters. The molecule has 0 spiro atoms. The number of morpholine rings is 1. The smallest absolute Gasteiger partial charge is 0.238 e. The molecule has 2 saturated heterocycles. The summed E-state index contributed by atoms with van der Waals surface area (Å²) in [5, 5.41) is 6.04. The van der Waals surface area contributed by atoms with Crippen LogP contribution in [0.3, 0.4) is 0 Å². The highest BCUT2D eigenvalue weighted by Gasteiger charge is 2.30. The van der Waals surface area contributed by atoms with Gasteiger partial charge in [-0.3, -0.25) is 14.5 Å².